The molecule has 2 aliphatic rings. The van der Waals surface area contributed by atoms with Gasteiger partial charge in [-0.1, -0.05) is 37.1 Å². The number of hydrogen-bond donors (Lipinski definition) is 0. The quantitative estimate of drug-likeness (QED) is 0.358. The summed E-state index contributed by atoms with van der Waals surface area (Å²) in [6, 6.07) is 0. The summed E-state index contributed by atoms with van der Waals surface area (Å²) >= 11 is 0. The fourth-order valence-corrected chi connectivity index (χ4v) is 4.64. The van der Waals surface area contributed by atoms with Crippen LogP contribution >= 0.6 is 0 Å². The first-order valence-electron chi connectivity index (χ1n) is 10.2. The van der Waals surface area contributed by atoms with Gasteiger partial charge in [-0.2, -0.15) is 0 Å². The first-order chi connectivity index (χ1) is 11.3. The molecular weight excluding hydrogens is 280 g/mol. The minimum Gasteiger partial charge on any atom is -0.378 e. The topological polar surface area (TPSA) is 9.23 Å². The van der Waals surface area contributed by atoms with E-state index in [0.717, 1.165) is 30.8 Å². The first-order valence-corrected chi connectivity index (χ1v) is 10.2. The summed E-state index contributed by atoms with van der Waals surface area (Å²) in [5.74, 6) is 3.03. The lowest BCUT2D eigenvalue weighted by molar-refractivity contribution is 0.00913. The standard InChI is InChI=1S/C22H38O/c1-3-5-7-9-19-10-12-20(13-11-19)21-14-16-22(17-15-21)23-18-8-6-4-2/h3-6,19-22H,7-18H2,1-2H3/b5-3+,6-4-. The second-order valence-electron chi connectivity index (χ2n) is 7.69. The van der Waals surface area contributed by atoms with Crippen LogP contribution in [0.2, 0.25) is 0 Å². The SMILES string of the molecule is C/C=C\CCOC1CCC(C2CCC(CC/C=C/C)CC2)CC1. The van der Waals surface area contributed by atoms with Crippen LogP contribution in [0.15, 0.2) is 24.3 Å². The van der Waals surface area contributed by atoms with Crippen LogP contribution < -0.4 is 0 Å². The average molecular weight is 319 g/mol. The summed E-state index contributed by atoms with van der Waals surface area (Å²) in [5, 5.41) is 0. The van der Waals surface area contributed by atoms with Crippen molar-refractivity contribution in [2.45, 2.75) is 90.6 Å². The van der Waals surface area contributed by atoms with Crippen molar-refractivity contribution >= 4 is 0 Å². The summed E-state index contributed by atoms with van der Waals surface area (Å²) in [6.07, 6.45) is 24.6. The molecule has 2 fully saturated rings. The van der Waals surface area contributed by atoms with Gasteiger partial charge in [-0.25, -0.2) is 0 Å². The van der Waals surface area contributed by atoms with Crippen molar-refractivity contribution < 1.29 is 4.74 Å². The van der Waals surface area contributed by atoms with E-state index in [9.17, 15) is 0 Å². The molecule has 2 aliphatic carbocycles. The number of hydrogen-bond acceptors (Lipinski definition) is 1. The van der Waals surface area contributed by atoms with Crippen LogP contribution in [0.1, 0.15) is 84.5 Å². The van der Waals surface area contributed by atoms with E-state index in [0.29, 0.717) is 6.10 Å². The van der Waals surface area contributed by atoms with Gasteiger partial charge in [0.2, 0.25) is 0 Å². The third-order valence-electron chi connectivity index (χ3n) is 6.13. The molecule has 0 N–H and O–H groups in total. The molecule has 0 heterocycles. The van der Waals surface area contributed by atoms with Crippen molar-refractivity contribution in [2.75, 3.05) is 6.61 Å². The molecule has 23 heavy (non-hydrogen) atoms. The third kappa shape index (κ3) is 6.83. The smallest absolute Gasteiger partial charge is 0.0575 e. The second-order valence-corrected chi connectivity index (χ2v) is 7.69. The zero-order valence-electron chi connectivity index (χ0n) is 15.5. The van der Waals surface area contributed by atoms with Gasteiger partial charge in [0.15, 0.2) is 0 Å². The van der Waals surface area contributed by atoms with Crippen LogP contribution in [-0.2, 0) is 4.74 Å². The Hall–Kier alpha value is -0.560. The predicted molar refractivity (Wildman–Crippen MR) is 101 cm³/mol. The molecule has 2 saturated carbocycles. The van der Waals surface area contributed by atoms with Crippen LogP contribution in [0.3, 0.4) is 0 Å². The van der Waals surface area contributed by atoms with Crippen molar-refractivity contribution in [2.24, 2.45) is 17.8 Å². The van der Waals surface area contributed by atoms with Crippen LogP contribution in [-0.4, -0.2) is 12.7 Å². The van der Waals surface area contributed by atoms with Crippen LogP contribution in [0.4, 0.5) is 0 Å². The number of allylic oxidation sites excluding steroid dienone is 3. The van der Waals surface area contributed by atoms with Gasteiger partial charge >= 0.3 is 0 Å². The molecular formula is C22H38O. The molecule has 0 atom stereocenters. The van der Waals surface area contributed by atoms with Crippen molar-refractivity contribution in [3.63, 3.8) is 0 Å². The molecule has 0 bridgehead atoms. The third-order valence-corrected chi connectivity index (χ3v) is 6.13. The summed E-state index contributed by atoms with van der Waals surface area (Å²) in [6.45, 7) is 5.13. The molecule has 0 aliphatic heterocycles. The van der Waals surface area contributed by atoms with E-state index >= 15 is 0 Å². The molecule has 0 radical (unpaired) electrons. The van der Waals surface area contributed by atoms with Crippen LogP contribution in [0.5, 0.6) is 0 Å². The lowest BCUT2D eigenvalue weighted by Crippen LogP contribution is -2.28. The van der Waals surface area contributed by atoms with E-state index in [2.05, 4.69) is 38.2 Å². The molecule has 1 nitrogen and oxygen atoms in total. The van der Waals surface area contributed by atoms with Gasteiger partial charge in [-0.05, 0) is 89.4 Å². The Bertz CT molecular complexity index is 341. The van der Waals surface area contributed by atoms with E-state index in [1.807, 2.05) is 0 Å². The second kappa shape index (κ2) is 11.1. The Labute approximate surface area is 144 Å². The normalized spacial score (nSPS) is 32.8. The zero-order valence-corrected chi connectivity index (χ0v) is 15.5. The molecule has 132 valence electrons. The van der Waals surface area contributed by atoms with Crippen LogP contribution in [0, 0.1) is 17.8 Å². The molecule has 0 amide bonds. The lowest BCUT2D eigenvalue weighted by Gasteiger charge is -2.37. The molecule has 0 saturated heterocycles. The molecule has 0 aromatic rings. The van der Waals surface area contributed by atoms with Gasteiger partial charge in [0.05, 0.1) is 12.7 Å². The Morgan fingerprint density at radius 3 is 1.91 bits per heavy atom. The fraction of sp³-hybridized carbons (Fsp3) is 0.818. The van der Waals surface area contributed by atoms with Gasteiger partial charge in [0.1, 0.15) is 0 Å². The van der Waals surface area contributed by atoms with Gasteiger partial charge in [0.25, 0.3) is 0 Å². The summed E-state index contributed by atoms with van der Waals surface area (Å²) in [7, 11) is 0. The maximum atomic E-state index is 6.03. The Morgan fingerprint density at radius 1 is 0.739 bits per heavy atom. The molecule has 0 spiro atoms. The summed E-state index contributed by atoms with van der Waals surface area (Å²) in [5.41, 5.74) is 0. The molecule has 1 heteroatoms. The van der Waals surface area contributed by atoms with Crippen molar-refractivity contribution in [1.82, 2.24) is 0 Å². The fourth-order valence-electron chi connectivity index (χ4n) is 4.64. The summed E-state index contributed by atoms with van der Waals surface area (Å²) < 4.78 is 6.03. The van der Waals surface area contributed by atoms with Gasteiger partial charge < -0.3 is 4.74 Å². The van der Waals surface area contributed by atoms with E-state index in [1.54, 1.807) is 0 Å². The highest BCUT2D eigenvalue weighted by molar-refractivity contribution is 4.84. The van der Waals surface area contributed by atoms with Crippen molar-refractivity contribution in [3.05, 3.63) is 24.3 Å². The largest absolute Gasteiger partial charge is 0.378 e. The van der Waals surface area contributed by atoms with Crippen molar-refractivity contribution in [1.29, 1.82) is 0 Å². The average Bonchev–Trinajstić information content (AvgIpc) is 2.60. The Balaban J connectivity index is 1.59. The highest BCUT2D eigenvalue weighted by Crippen LogP contribution is 2.41. The first kappa shape index (κ1) is 18.8. The number of rotatable bonds is 8. The maximum absolute atomic E-state index is 6.03. The number of ether oxygens (including phenoxy) is 1. The van der Waals surface area contributed by atoms with Gasteiger partial charge in [-0.15, -0.1) is 0 Å². The van der Waals surface area contributed by atoms with E-state index < -0.39 is 0 Å². The molecule has 0 aromatic heterocycles. The van der Waals surface area contributed by atoms with Gasteiger partial charge in [0, 0.05) is 0 Å². The minimum absolute atomic E-state index is 0.550. The molecule has 0 unspecified atom stereocenters. The highest BCUT2D eigenvalue weighted by Gasteiger charge is 2.30. The van der Waals surface area contributed by atoms with E-state index in [4.69, 9.17) is 4.74 Å². The Morgan fingerprint density at radius 2 is 1.30 bits per heavy atom. The monoisotopic (exact) mass is 318 g/mol. The highest BCUT2D eigenvalue weighted by atomic mass is 16.5. The lowest BCUT2D eigenvalue weighted by atomic mass is 9.70. The van der Waals surface area contributed by atoms with Crippen molar-refractivity contribution in [3.8, 4) is 0 Å². The summed E-state index contributed by atoms with van der Waals surface area (Å²) in [4.78, 5) is 0. The minimum atomic E-state index is 0.550. The van der Waals surface area contributed by atoms with E-state index in [1.165, 1.54) is 64.2 Å². The van der Waals surface area contributed by atoms with Crippen LogP contribution in [0.25, 0.3) is 0 Å². The molecule has 0 aromatic carbocycles. The zero-order chi connectivity index (χ0) is 16.3. The molecule has 2 rings (SSSR count). The van der Waals surface area contributed by atoms with Gasteiger partial charge in [-0.3, -0.25) is 0 Å². The predicted octanol–water partition coefficient (Wildman–Crippen LogP) is 6.69. The Kier molecular flexibility index (Phi) is 9.04. The van der Waals surface area contributed by atoms with E-state index in [-0.39, 0.29) is 0 Å². The maximum Gasteiger partial charge on any atom is 0.0575 e.